The minimum Gasteiger partial charge on any atom is -0.381 e. The van der Waals surface area contributed by atoms with Crippen molar-refractivity contribution < 1.29 is 4.39 Å². The minimum absolute atomic E-state index is 0.318. The molecular formula is C8H7Br3FN. The van der Waals surface area contributed by atoms with E-state index in [0.717, 1.165) is 19.1 Å². The Bertz CT molecular complexity index is 280. The molecule has 0 atom stereocenters. The molecule has 0 aliphatic carbocycles. The van der Waals surface area contributed by atoms with Crippen LogP contribution in [0.15, 0.2) is 25.6 Å². The van der Waals surface area contributed by atoms with Crippen LogP contribution in [0.2, 0.25) is 0 Å². The van der Waals surface area contributed by atoms with E-state index in [0.29, 0.717) is 6.54 Å². The summed E-state index contributed by atoms with van der Waals surface area (Å²) in [5.41, 5.74) is 0.876. The highest BCUT2D eigenvalue weighted by Crippen LogP contribution is 2.34. The summed E-state index contributed by atoms with van der Waals surface area (Å²) in [5.74, 6) is 0. The lowest BCUT2D eigenvalue weighted by Crippen LogP contribution is -2.04. The monoisotopic (exact) mass is 373 g/mol. The standard InChI is InChI=1S/C8H7Br3FN/c9-5-3-6(10)8(7(11)4-5)13-2-1-12/h3-4,13H,1-2H2. The van der Waals surface area contributed by atoms with Crippen LogP contribution in [0.4, 0.5) is 10.1 Å². The quantitative estimate of drug-likeness (QED) is 0.828. The topological polar surface area (TPSA) is 12.0 Å². The zero-order valence-electron chi connectivity index (χ0n) is 6.58. The number of nitrogens with one attached hydrogen (secondary N) is 1. The van der Waals surface area contributed by atoms with Gasteiger partial charge in [0, 0.05) is 20.0 Å². The fourth-order valence-electron chi connectivity index (χ4n) is 0.883. The van der Waals surface area contributed by atoms with Crippen LogP contribution in [0.3, 0.4) is 0 Å². The van der Waals surface area contributed by atoms with E-state index in [4.69, 9.17) is 0 Å². The van der Waals surface area contributed by atoms with E-state index in [-0.39, 0.29) is 6.67 Å². The molecule has 0 radical (unpaired) electrons. The molecule has 1 nitrogen and oxygen atoms in total. The van der Waals surface area contributed by atoms with Crippen LogP contribution in [0.5, 0.6) is 0 Å². The molecule has 0 amide bonds. The van der Waals surface area contributed by atoms with Crippen LogP contribution >= 0.6 is 47.8 Å². The first-order valence-corrected chi connectivity index (χ1v) is 5.97. The first kappa shape index (κ1) is 11.5. The van der Waals surface area contributed by atoms with E-state index in [1.807, 2.05) is 12.1 Å². The predicted molar refractivity (Wildman–Crippen MR) is 64.0 cm³/mol. The number of hydrogen-bond donors (Lipinski definition) is 1. The molecule has 0 spiro atoms. The molecule has 1 N–H and O–H groups in total. The summed E-state index contributed by atoms with van der Waals surface area (Å²) < 4.78 is 14.7. The smallest absolute Gasteiger partial charge is 0.107 e. The van der Waals surface area contributed by atoms with Gasteiger partial charge in [-0.1, -0.05) is 15.9 Å². The number of anilines is 1. The van der Waals surface area contributed by atoms with Gasteiger partial charge in [0.1, 0.15) is 6.67 Å². The molecule has 13 heavy (non-hydrogen) atoms. The second-order valence-electron chi connectivity index (χ2n) is 2.36. The number of benzene rings is 1. The summed E-state index contributed by atoms with van der Waals surface area (Å²) in [6, 6.07) is 3.82. The van der Waals surface area contributed by atoms with E-state index in [1.54, 1.807) is 0 Å². The second-order valence-corrected chi connectivity index (χ2v) is 4.98. The molecule has 0 saturated heterocycles. The number of alkyl halides is 1. The van der Waals surface area contributed by atoms with Crippen molar-refractivity contribution in [2.75, 3.05) is 18.5 Å². The number of hydrogen-bond acceptors (Lipinski definition) is 1. The lowest BCUT2D eigenvalue weighted by atomic mass is 10.3. The molecule has 0 unspecified atom stereocenters. The van der Waals surface area contributed by atoms with Crippen molar-refractivity contribution in [2.45, 2.75) is 0 Å². The molecule has 72 valence electrons. The highest BCUT2D eigenvalue weighted by Gasteiger charge is 2.05. The van der Waals surface area contributed by atoms with Crippen molar-refractivity contribution in [1.82, 2.24) is 0 Å². The Hall–Kier alpha value is 0.390. The minimum atomic E-state index is -0.380. The van der Waals surface area contributed by atoms with Gasteiger partial charge in [0.2, 0.25) is 0 Å². The summed E-state index contributed by atoms with van der Waals surface area (Å²) in [6.45, 7) is -0.0617. The first-order valence-electron chi connectivity index (χ1n) is 3.59. The summed E-state index contributed by atoms with van der Waals surface area (Å²) in [5, 5.41) is 2.97. The molecule has 1 aromatic rings. The summed E-state index contributed by atoms with van der Waals surface area (Å²) in [7, 11) is 0. The largest absolute Gasteiger partial charge is 0.381 e. The Morgan fingerprint density at radius 2 is 1.69 bits per heavy atom. The average molecular weight is 376 g/mol. The Morgan fingerprint density at radius 3 is 2.15 bits per heavy atom. The van der Waals surface area contributed by atoms with Crippen molar-refractivity contribution in [2.24, 2.45) is 0 Å². The molecule has 0 aliphatic rings. The fourth-order valence-corrected chi connectivity index (χ4v) is 3.42. The van der Waals surface area contributed by atoms with Gasteiger partial charge in [-0.2, -0.15) is 0 Å². The van der Waals surface area contributed by atoms with Crippen molar-refractivity contribution in [3.63, 3.8) is 0 Å². The maximum absolute atomic E-state index is 11.9. The molecule has 1 aromatic carbocycles. The third-order valence-corrected chi connectivity index (χ3v) is 3.11. The third-order valence-electron chi connectivity index (χ3n) is 1.40. The van der Waals surface area contributed by atoms with Gasteiger partial charge in [0.25, 0.3) is 0 Å². The maximum Gasteiger partial charge on any atom is 0.107 e. The zero-order valence-corrected chi connectivity index (χ0v) is 11.3. The number of halogens is 4. The van der Waals surface area contributed by atoms with Gasteiger partial charge >= 0.3 is 0 Å². The van der Waals surface area contributed by atoms with Crippen LogP contribution in [-0.2, 0) is 0 Å². The van der Waals surface area contributed by atoms with Gasteiger partial charge in [-0.05, 0) is 44.0 Å². The highest BCUT2D eigenvalue weighted by atomic mass is 79.9. The Morgan fingerprint density at radius 1 is 1.15 bits per heavy atom. The average Bonchev–Trinajstić information content (AvgIpc) is 2.02. The van der Waals surface area contributed by atoms with Gasteiger partial charge in [-0.3, -0.25) is 0 Å². The Balaban J connectivity index is 2.92. The van der Waals surface area contributed by atoms with Gasteiger partial charge in [-0.15, -0.1) is 0 Å². The van der Waals surface area contributed by atoms with Gasteiger partial charge < -0.3 is 5.32 Å². The molecule has 0 aromatic heterocycles. The van der Waals surface area contributed by atoms with E-state index >= 15 is 0 Å². The van der Waals surface area contributed by atoms with Crippen LogP contribution in [0.25, 0.3) is 0 Å². The predicted octanol–water partition coefficient (Wildman–Crippen LogP) is 4.36. The van der Waals surface area contributed by atoms with Gasteiger partial charge in [0.15, 0.2) is 0 Å². The molecule has 0 saturated carbocycles. The molecule has 0 aliphatic heterocycles. The van der Waals surface area contributed by atoms with Gasteiger partial charge in [0.05, 0.1) is 5.69 Å². The maximum atomic E-state index is 11.9. The molecule has 1 rings (SSSR count). The first-order chi connectivity index (χ1) is 6.15. The van der Waals surface area contributed by atoms with Crippen LogP contribution < -0.4 is 5.32 Å². The summed E-state index contributed by atoms with van der Waals surface area (Å²) in [4.78, 5) is 0. The van der Waals surface area contributed by atoms with E-state index < -0.39 is 0 Å². The lowest BCUT2D eigenvalue weighted by Gasteiger charge is -2.09. The summed E-state index contributed by atoms with van der Waals surface area (Å²) in [6.07, 6.45) is 0. The normalized spacial score (nSPS) is 10.2. The summed E-state index contributed by atoms with van der Waals surface area (Å²) >= 11 is 10.1. The van der Waals surface area contributed by atoms with Crippen LogP contribution in [-0.4, -0.2) is 13.2 Å². The van der Waals surface area contributed by atoms with Gasteiger partial charge in [-0.25, -0.2) is 4.39 Å². The van der Waals surface area contributed by atoms with Crippen molar-refractivity contribution in [1.29, 1.82) is 0 Å². The molecule has 0 heterocycles. The fraction of sp³-hybridized carbons (Fsp3) is 0.250. The van der Waals surface area contributed by atoms with Crippen molar-refractivity contribution in [3.8, 4) is 0 Å². The van der Waals surface area contributed by atoms with E-state index in [9.17, 15) is 4.39 Å². The highest BCUT2D eigenvalue weighted by molar-refractivity contribution is 9.11. The van der Waals surface area contributed by atoms with E-state index in [2.05, 4.69) is 53.1 Å². The molecule has 5 heteroatoms. The van der Waals surface area contributed by atoms with Crippen molar-refractivity contribution in [3.05, 3.63) is 25.6 Å². The molecule has 0 fully saturated rings. The van der Waals surface area contributed by atoms with Crippen LogP contribution in [0.1, 0.15) is 0 Å². The SMILES string of the molecule is FCCNc1c(Br)cc(Br)cc1Br. The number of rotatable bonds is 3. The Kier molecular flexibility index (Phi) is 4.69. The lowest BCUT2D eigenvalue weighted by molar-refractivity contribution is 0.512. The third kappa shape index (κ3) is 3.22. The Labute approximate surface area is 101 Å². The zero-order chi connectivity index (χ0) is 9.84. The van der Waals surface area contributed by atoms with E-state index in [1.165, 1.54) is 0 Å². The molecular weight excluding hydrogens is 369 g/mol. The van der Waals surface area contributed by atoms with Crippen molar-refractivity contribution >= 4 is 53.5 Å². The second kappa shape index (κ2) is 5.32. The molecule has 0 bridgehead atoms. The van der Waals surface area contributed by atoms with Crippen LogP contribution in [0, 0.1) is 0 Å².